The number of ether oxygens (including phenoxy) is 1. The number of hydrogen-bond acceptors (Lipinski definition) is 11. The molecule has 0 radical (unpaired) electrons. The maximum absolute atomic E-state index is 13.0. The molecule has 49 heavy (non-hydrogen) atoms. The molecule has 0 rings (SSSR count). The number of aliphatic hydroxyl groups is 1. The minimum atomic E-state index is -1.52. The van der Waals surface area contributed by atoms with E-state index >= 15 is 0 Å². The van der Waals surface area contributed by atoms with E-state index < -0.39 is 103 Å². The van der Waals surface area contributed by atoms with Gasteiger partial charge in [-0.2, -0.15) is 9.18 Å². The number of amides is 2. The van der Waals surface area contributed by atoms with Gasteiger partial charge in [0.25, 0.3) is 0 Å². The third kappa shape index (κ3) is 17.6. The summed E-state index contributed by atoms with van der Waals surface area (Å²) in [4.78, 5) is 85.6. The number of esters is 1. The molecular formula is C32H58N4O13+2. The molecule has 0 heterocycles. The predicted molar refractivity (Wildman–Crippen MR) is 174 cm³/mol. The van der Waals surface area contributed by atoms with E-state index in [1.54, 1.807) is 0 Å². The number of rotatable bonds is 30. The molecule has 0 atom stereocenters. The first-order valence-corrected chi connectivity index (χ1v) is 17.0. The largest absolute Gasteiger partial charge is 0.477 e. The molecule has 2 amide bonds. The van der Waals surface area contributed by atoms with Gasteiger partial charge in [0.2, 0.25) is 26.2 Å². The van der Waals surface area contributed by atoms with Crippen LogP contribution in [0.15, 0.2) is 0 Å². The Bertz CT molecular complexity index is 1050. The van der Waals surface area contributed by atoms with Crippen molar-refractivity contribution in [2.45, 2.75) is 97.8 Å². The fourth-order valence-electron chi connectivity index (χ4n) is 5.86. The lowest BCUT2D eigenvalue weighted by Gasteiger charge is -2.44. The number of aliphatic hydroxyl groups excluding tert-OH is 1. The molecule has 282 valence electrons. The molecule has 0 saturated carbocycles. The Morgan fingerprint density at radius 2 is 0.878 bits per heavy atom. The van der Waals surface area contributed by atoms with Crippen LogP contribution >= 0.6 is 0 Å². The molecule has 0 bridgehead atoms. The highest BCUT2D eigenvalue weighted by atomic mass is 16.5. The smallest absolute Gasteiger partial charge is 0.361 e. The van der Waals surface area contributed by atoms with Crippen molar-refractivity contribution in [3.05, 3.63) is 0 Å². The van der Waals surface area contributed by atoms with Crippen LogP contribution in [0.3, 0.4) is 0 Å². The van der Waals surface area contributed by atoms with E-state index in [4.69, 9.17) is 4.74 Å². The normalized spacial score (nSPS) is 11.9. The lowest BCUT2D eigenvalue weighted by molar-refractivity contribution is -0.967. The third-order valence-corrected chi connectivity index (χ3v) is 8.41. The van der Waals surface area contributed by atoms with Crippen molar-refractivity contribution in [1.29, 1.82) is 0 Å². The lowest BCUT2D eigenvalue weighted by atomic mass is 10.1. The number of aliphatic carboxylic acids is 4. The number of quaternary nitrogens is 2. The summed E-state index contributed by atoms with van der Waals surface area (Å²) in [6.45, 7) is -2.44. The van der Waals surface area contributed by atoms with Gasteiger partial charge in [0.1, 0.15) is 6.61 Å². The van der Waals surface area contributed by atoms with Gasteiger partial charge in [-0.15, -0.1) is 10.0 Å². The van der Waals surface area contributed by atoms with Crippen molar-refractivity contribution in [3.63, 3.8) is 0 Å². The zero-order valence-corrected chi connectivity index (χ0v) is 29.3. The average Bonchev–Trinajstić information content (AvgIpc) is 2.98. The summed E-state index contributed by atoms with van der Waals surface area (Å²) in [5, 5.41) is 50.4. The Labute approximate surface area is 288 Å². The van der Waals surface area contributed by atoms with Crippen LogP contribution in [0.2, 0.25) is 0 Å². The molecule has 0 saturated heterocycles. The van der Waals surface area contributed by atoms with Crippen LogP contribution in [-0.2, 0) is 38.3 Å². The van der Waals surface area contributed by atoms with Gasteiger partial charge in [-0.1, -0.05) is 71.1 Å². The van der Waals surface area contributed by atoms with Crippen LogP contribution in [0, 0.1) is 0 Å². The second-order valence-electron chi connectivity index (χ2n) is 12.2. The SMILES string of the molecule is CCCCCCCCCCCCCC(=O)OCCN(CCN(CCO)[N+](CC(=O)O)(CC(=O)O)C(C)=O)[N+](CC(=O)O)(CC(=O)O)C(C)=O. The molecule has 0 unspecified atom stereocenters. The zero-order chi connectivity index (χ0) is 37.5. The molecule has 0 aliphatic heterocycles. The summed E-state index contributed by atoms with van der Waals surface area (Å²) in [5.74, 6) is -8.39. The van der Waals surface area contributed by atoms with Crippen molar-refractivity contribution in [3.8, 4) is 0 Å². The van der Waals surface area contributed by atoms with Gasteiger partial charge in [-0.05, 0) is 6.42 Å². The Hall–Kier alpha value is -3.51. The van der Waals surface area contributed by atoms with E-state index in [0.717, 1.165) is 49.5 Å². The van der Waals surface area contributed by atoms with Crippen LogP contribution < -0.4 is 0 Å². The maximum atomic E-state index is 13.0. The van der Waals surface area contributed by atoms with Crippen molar-refractivity contribution in [2.24, 2.45) is 0 Å². The second-order valence-corrected chi connectivity index (χ2v) is 12.2. The fourth-order valence-corrected chi connectivity index (χ4v) is 5.86. The highest BCUT2D eigenvalue weighted by Gasteiger charge is 2.48. The van der Waals surface area contributed by atoms with Crippen molar-refractivity contribution in [2.75, 3.05) is 65.6 Å². The molecule has 17 nitrogen and oxygen atoms in total. The van der Waals surface area contributed by atoms with Crippen molar-refractivity contribution < 1.29 is 73.0 Å². The van der Waals surface area contributed by atoms with E-state index in [-0.39, 0.29) is 19.6 Å². The third-order valence-electron chi connectivity index (χ3n) is 8.41. The summed E-state index contributed by atoms with van der Waals surface area (Å²) in [7, 11) is 0. The summed E-state index contributed by atoms with van der Waals surface area (Å²) in [6.07, 6.45) is 12.2. The molecule has 0 aromatic heterocycles. The Morgan fingerprint density at radius 1 is 0.531 bits per heavy atom. The fraction of sp³-hybridized carbons (Fsp3) is 0.781. The molecule has 17 heteroatoms. The van der Waals surface area contributed by atoms with E-state index in [9.17, 15) is 59.1 Å². The topological polar surface area (TPSA) is 236 Å². The Balaban J connectivity index is 5.83. The predicted octanol–water partition coefficient (Wildman–Crippen LogP) is 1.72. The van der Waals surface area contributed by atoms with Crippen LogP contribution in [-0.4, -0.2) is 152 Å². The van der Waals surface area contributed by atoms with Gasteiger partial charge in [0, 0.05) is 6.42 Å². The molecule has 0 aromatic carbocycles. The number of carbonyl (C=O) groups is 7. The van der Waals surface area contributed by atoms with Crippen molar-refractivity contribution in [1.82, 2.24) is 10.0 Å². The minimum Gasteiger partial charge on any atom is -0.477 e. The molecule has 0 aromatic rings. The van der Waals surface area contributed by atoms with Crippen LogP contribution in [0.1, 0.15) is 97.8 Å². The first-order chi connectivity index (χ1) is 23.1. The summed E-state index contributed by atoms with van der Waals surface area (Å²) in [6, 6.07) is 0. The maximum Gasteiger partial charge on any atom is 0.361 e. The average molecular weight is 707 g/mol. The standard InChI is InChI=1S/C32H56N4O13/c1-4-5-6-7-8-9-10-11-12-13-14-15-32(48)49-21-19-34(36(27(3)39,24-30(44)45)25-31(46)47)17-16-33(18-20-37)35(26(2)38,22-28(40)41)23-29(42)43/h37H,4-25H2,1-3H3,(H2-2,40,41,42,43,44,45,46,47)/p+2. The summed E-state index contributed by atoms with van der Waals surface area (Å²) >= 11 is 0. The zero-order valence-electron chi connectivity index (χ0n) is 29.3. The summed E-state index contributed by atoms with van der Waals surface area (Å²) < 4.78 is 2.83. The van der Waals surface area contributed by atoms with Gasteiger partial charge in [-0.25, -0.2) is 28.8 Å². The summed E-state index contributed by atoms with van der Waals surface area (Å²) in [5.41, 5.74) is 0. The highest BCUT2D eigenvalue weighted by Crippen LogP contribution is 2.19. The monoisotopic (exact) mass is 706 g/mol. The van der Waals surface area contributed by atoms with Crippen LogP contribution in [0.25, 0.3) is 0 Å². The van der Waals surface area contributed by atoms with E-state index in [2.05, 4.69) is 6.92 Å². The number of unbranched alkanes of at least 4 members (excludes halogenated alkanes) is 10. The molecule has 0 aliphatic carbocycles. The Kier molecular flexibility index (Phi) is 22.8. The molecular weight excluding hydrogens is 648 g/mol. The second kappa shape index (κ2) is 24.6. The van der Waals surface area contributed by atoms with E-state index in [1.165, 1.54) is 38.5 Å². The Morgan fingerprint density at radius 3 is 1.20 bits per heavy atom. The van der Waals surface area contributed by atoms with Gasteiger partial charge >= 0.3 is 41.7 Å². The highest BCUT2D eigenvalue weighted by molar-refractivity contribution is 5.77. The quantitative estimate of drug-likeness (QED) is 0.0309. The molecule has 5 N–H and O–H groups in total. The first kappa shape index (κ1) is 45.5. The van der Waals surface area contributed by atoms with Crippen LogP contribution in [0.5, 0.6) is 0 Å². The van der Waals surface area contributed by atoms with Crippen molar-refractivity contribution >= 4 is 41.7 Å². The first-order valence-electron chi connectivity index (χ1n) is 17.0. The van der Waals surface area contributed by atoms with Gasteiger partial charge in [0.05, 0.1) is 46.6 Å². The lowest BCUT2D eigenvalue weighted by Crippen LogP contribution is -2.71. The molecule has 0 aliphatic rings. The minimum absolute atomic E-state index is 0.126. The van der Waals surface area contributed by atoms with Gasteiger partial charge in [0.15, 0.2) is 0 Å². The van der Waals surface area contributed by atoms with Gasteiger partial charge in [-0.3, -0.25) is 4.79 Å². The number of nitrogens with zero attached hydrogens (tertiary/aromatic N) is 4. The number of carbonyl (C=O) groups excluding carboxylic acids is 3. The van der Waals surface area contributed by atoms with E-state index in [1.807, 2.05) is 0 Å². The van der Waals surface area contributed by atoms with E-state index in [0.29, 0.717) is 6.42 Å². The molecule has 0 fully saturated rings. The van der Waals surface area contributed by atoms with Crippen LogP contribution in [0.4, 0.5) is 0 Å². The number of carboxylic acid groups (broad SMARTS) is 4. The molecule has 0 spiro atoms. The van der Waals surface area contributed by atoms with Gasteiger partial charge < -0.3 is 30.3 Å². The number of carboxylic acids is 4. The number of hydrogen-bond donors (Lipinski definition) is 5.